The third-order valence-corrected chi connectivity index (χ3v) is 6.02. The van der Waals surface area contributed by atoms with Crippen LogP contribution in [-0.2, 0) is 0 Å². The second-order valence-corrected chi connectivity index (χ2v) is 5.72. The number of hydrogen-bond acceptors (Lipinski definition) is 0. The molecule has 0 aliphatic heterocycles. The molecule has 0 N–H and O–H groups in total. The van der Waals surface area contributed by atoms with Crippen LogP contribution in [-0.4, -0.2) is 8.86 Å². The highest BCUT2D eigenvalue weighted by molar-refractivity contribution is 14.1. The quantitative estimate of drug-likeness (QED) is 0.468. The molecule has 0 nitrogen and oxygen atoms in total. The maximum Gasteiger partial charge on any atom is 0.00987 e. The van der Waals surface area contributed by atoms with Crippen molar-refractivity contribution in [1.29, 1.82) is 0 Å². The molecule has 1 aliphatic rings. The van der Waals surface area contributed by atoms with Gasteiger partial charge in [-0.05, 0) is 17.6 Å². The second kappa shape index (κ2) is 5.67. The highest BCUT2D eigenvalue weighted by Crippen LogP contribution is 2.36. The van der Waals surface area contributed by atoms with Crippen molar-refractivity contribution in [3.05, 3.63) is 54.1 Å². The van der Waals surface area contributed by atoms with Crippen molar-refractivity contribution < 1.29 is 0 Å². The fourth-order valence-corrected chi connectivity index (χ4v) is 4.50. The van der Waals surface area contributed by atoms with Gasteiger partial charge in [0.05, 0.1) is 0 Å². The zero-order chi connectivity index (χ0) is 11.4. The molecule has 0 saturated heterocycles. The first-order valence-electron chi connectivity index (χ1n) is 5.36. The Hall–Kier alpha value is 0.160. The molecule has 0 amide bonds. The maximum atomic E-state index is 2.50. The van der Waals surface area contributed by atoms with Crippen molar-refractivity contribution in [2.45, 2.75) is 6.42 Å². The first-order valence-corrected chi connectivity index (χ1v) is 8.41. The lowest BCUT2D eigenvalue weighted by atomic mass is 9.83. The second-order valence-electron chi connectivity index (χ2n) is 4.19. The molecule has 0 bridgehead atoms. The Bertz CT molecular complexity index is 400. The van der Waals surface area contributed by atoms with E-state index in [-0.39, 0.29) is 0 Å². The van der Waals surface area contributed by atoms with E-state index in [1.807, 2.05) is 0 Å². The van der Waals surface area contributed by atoms with Crippen LogP contribution in [0.4, 0.5) is 0 Å². The van der Waals surface area contributed by atoms with E-state index in [0.29, 0.717) is 5.41 Å². The van der Waals surface area contributed by atoms with E-state index in [2.05, 4.69) is 93.7 Å². The smallest absolute Gasteiger partial charge is 0.00987 e. The van der Waals surface area contributed by atoms with E-state index >= 15 is 0 Å². The number of hydrogen-bond donors (Lipinski definition) is 0. The van der Waals surface area contributed by atoms with Gasteiger partial charge in [0, 0.05) is 14.3 Å². The molecule has 0 unspecified atom stereocenters. The van der Waals surface area contributed by atoms with Crippen LogP contribution >= 0.6 is 45.2 Å². The van der Waals surface area contributed by atoms with Crippen molar-refractivity contribution in [1.82, 2.24) is 0 Å². The fraction of sp³-hybridized carbons (Fsp3) is 0.286. The summed E-state index contributed by atoms with van der Waals surface area (Å²) in [5.41, 5.74) is 3.08. The average Bonchev–Trinajstić information content (AvgIpc) is 2.40. The monoisotopic (exact) mass is 436 g/mol. The molecule has 0 heterocycles. The molecule has 2 heteroatoms. The number of halogens is 2. The summed E-state index contributed by atoms with van der Waals surface area (Å²) < 4.78 is 2.39. The van der Waals surface area contributed by atoms with Crippen LogP contribution in [0.1, 0.15) is 12.0 Å². The molecule has 1 aromatic carbocycles. The molecular weight excluding hydrogens is 422 g/mol. The fourth-order valence-electron chi connectivity index (χ4n) is 1.79. The van der Waals surface area contributed by atoms with Gasteiger partial charge in [0.25, 0.3) is 0 Å². The van der Waals surface area contributed by atoms with E-state index in [1.54, 1.807) is 0 Å². The van der Waals surface area contributed by atoms with E-state index in [4.69, 9.17) is 0 Å². The summed E-state index contributed by atoms with van der Waals surface area (Å²) in [4.78, 5) is 0. The summed E-state index contributed by atoms with van der Waals surface area (Å²) >= 11 is 4.99. The molecule has 0 atom stereocenters. The third kappa shape index (κ3) is 2.70. The zero-order valence-corrected chi connectivity index (χ0v) is 13.3. The Labute approximate surface area is 124 Å². The van der Waals surface area contributed by atoms with Crippen molar-refractivity contribution in [2.24, 2.45) is 5.41 Å². The molecule has 16 heavy (non-hydrogen) atoms. The highest BCUT2D eigenvalue weighted by Gasteiger charge is 2.25. The number of benzene rings is 1. The standard InChI is InChI=1S/C14H14I2/c15-10-14(11-16)8-6-13(7-9-14)12-4-2-1-3-5-12/h1-8H,9-11H2. The van der Waals surface area contributed by atoms with Crippen LogP contribution in [0.5, 0.6) is 0 Å². The first kappa shape index (κ1) is 12.6. The van der Waals surface area contributed by atoms with Crippen LogP contribution in [0, 0.1) is 5.41 Å². The van der Waals surface area contributed by atoms with Gasteiger partial charge < -0.3 is 0 Å². The number of rotatable bonds is 3. The van der Waals surface area contributed by atoms with Gasteiger partial charge in [0.1, 0.15) is 0 Å². The lowest BCUT2D eigenvalue weighted by molar-refractivity contribution is 0.525. The molecule has 0 spiro atoms. The molecule has 0 saturated carbocycles. The Morgan fingerprint density at radius 1 is 1.06 bits per heavy atom. The summed E-state index contributed by atoms with van der Waals surface area (Å²) in [6.07, 6.45) is 8.23. The predicted molar refractivity (Wildman–Crippen MR) is 88.4 cm³/mol. The van der Waals surface area contributed by atoms with Crippen molar-refractivity contribution in [2.75, 3.05) is 8.86 Å². The minimum Gasteiger partial charge on any atom is -0.0854 e. The van der Waals surface area contributed by atoms with Gasteiger partial charge in [-0.2, -0.15) is 0 Å². The number of alkyl halides is 2. The van der Waals surface area contributed by atoms with Crippen LogP contribution in [0.25, 0.3) is 5.57 Å². The summed E-state index contributed by atoms with van der Waals surface area (Å²) in [6.45, 7) is 0. The van der Waals surface area contributed by atoms with Crippen LogP contribution in [0.2, 0.25) is 0 Å². The topological polar surface area (TPSA) is 0 Å². The minimum absolute atomic E-state index is 0.388. The Kier molecular flexibility index (Phi) is 4.47. The lowest BCUT2D eigenvalue weighted by Crippen LogP contribution is -2.22. The SMILES string of the molecule is ICC1(CI)C=CC(c2ccccc2)=CC1. The molecule has 84 valence electrons. The minimum atomic E-state index is 0.388. The van der Waals surface area contributed by atoms with Gasteiger partial charge in [-0.25, -0.2) is 0 Å². The largest absolute Gasteiger partial charge is 0.0854 e. The Morgan fingerprint density at radius 2 is 1.75 bits per heavy atom. The average molecular weight is 436 g/mol. The van der Waals surface area contributed by atoms with Gasteiger partial charge in [-0.1, -0.05) is 93.7 Å². The molecule has 0 radical (unpaired) electrons. The summed E-state index contributed by atoms with van der Waals surface area (Å²) in [5.74, 6) is 0. The zero-order valence-electron chi connectivity index (χ0n) is 9.00. The van der Waals surface area contributed by atoms with E-state index in [0.717, 1.165) is 0 Å². The van der Waals surface area contributed by atoms with Gasteiger partial charge in [0.15, 0.2) is 0 Å². The van der Waals surface area contributed by atoms with Crippen LogP contribution in [0.3, 0.4) is 0 Å². The normalized spacial score (nSPS) is 18.2. The Morgan fingerprint density at radius 3 is 2.25 bits per heavy atom. The highest BCUT2D eigenvalue weighted by atomic mass is 127. The van der Waals surface area contributed by atoms with E-state index < -0.39 is 0 Å². The molecule has 1 aliphatic carbocycles. The van der Waals surface area contributed by atoms with E-state index in [9.17, 15) is 0 Å². The summed E-state index contributed by atoms with van der Waals surface area (Å²) in [6, 6.07) is 10.6. The Balaban J connectivity index is 2.20. The maximum absolute atomic E-state index is 2.50. The summed E-state index contributed by atoms with van der Waals surface area (Å²) in [5, 5.41) is 0. The van der Waals surface area contributed by atoms with Crippen molar-refractivity contribution in [3.8, 4) is 0 Å². The number of allylic oxidation sites excluding steroid dienone is 4. The predicted octanol–water partition coefficient (Wildman–Crippen LogP) is 4.89. The van der Waals surface area contributed by atoms with Crippen molar-refractivity contribution in [3.63, 3.8) is 0 Å². The molecule has 1 aromatic rings. The van der Waals surface area contributed by atoms with Crippen LogP contribution in [0.15, 0.2) is 48.6 Å². The lowest BCUT2D eigenvalue weighted by Gasteiger charge is -2.28. The van der Waals surface area contributed by atoms with Gasteiger partial charge in [-0.15, -0.1) is 0 Å². The molecular formula is C14H14I2. The third-order valence-electron chi connectivity index (χ3n) is 2.98. The van der Waals surface area contributed by atoms with E-state index in [1.165, 1.54) is 26.4 Å². The van der Waals surface area contributed by atoms with Gasteiger partial charge >= 0.3 is 0 Å². The molecule has 0 aromatic heterocycles. The first-order chi connectivity index (χ1) is 7.79. The summed E-state index contributed by atoms with van der Waals surface area (Å²) in [7, 11) is 0. The van der Waals surface area contributed by atoms with Crippen molar-refractivity contribution >= 4 is 50.8 Å². The van der Waals surface area contributed by atoms with Gasteiger partial charge in [-0.3, -0.25) is 0 Å². The van der Waals surface area contributed by atoms with Gasteiger partial charge in [0.2, 0.25) is 0 Å². The van der Waals surface area contributed by atoms with Crippen LogP contribution < -0.4 is 0 Å². The molecule has 0 fully saturated rings. The molecule has 2 rings (SSSR count).